The van der Waals surface area contributed by atoms with Crippen LogP contribution in [0.3, 0.4) is 0 Å². The Morgan fingerprint density at radius 3 is 2.38 bits per heavy atom. The molecule has 0 heterocycles. The van der Waals surface area contributed by atoms with E-state index >= 15 is 0 Å². The van der Waals surface area contributed by atoms with Crippen LogP contribution in [0, 0.1) is 6.92 Å². The molecule has 2 amide bonds. The van der Waals surface area contributed by atoms with Crippen molar-refractivity contribution < 1.29 is 14.3 Å². The molecule has 5 nitrogen and oxygen atoms in total. The predicted octanol–water partition coefficient (Wildman–Crippen LogP) is 5.68. The highest BCUT2D eigenvalue weighted by Crippen LogP contribution is 2.22. The second-order valence-corrected chi connectivity index (χ2v) is 9.72. The summed E-state index contributed by atoms with van der Waals surface area (Å²) in [7, 11) is 0. The van der Waals surface area contributed by atoms with Crippen LogP contribution >= 0.6 is 31.9 Å². The lowest BCUT2D eigenvalue weighted by Crippen LogP contribution is -2.51. The third kappa shape index (κ3) is 7.43. The minimum Gasteiger partial charge on any atom is -0.484 e. The fraction of sp³-hybridized carbons (Fsp3) is 0.259. The van der Waals surface area contributed by atoms with Crippen LogP contribution in [0.1, 0.15) is 23.6 Å². The molecule has 1 atom stereocenters. The Morgan fingerprint density at radius 1 is 0.971 bits per heavy atom. The summed E-state index contributed by atoms with van der Waals surface area (Å²) in [6.07, 6.45) is 0.407. The Balaban J connectivity index is 1.89. The molecule has 7 heteroatoms. The molecule has 3 aromatic carbocycles. The summed E-state index contributed by atoms with van der Waals surface area (Å²) in [5.41, 5.74) is 2.92. The van der Waals surface area contributed by atoms with Gasteiger partial charge in [-0.3, -0.25) is 9.59 Å². The number of nitrogens with zero attached hydrogens (tertiary/aromatic N) is 1. The monoisotopic (exact) mass is 586 g/mol. The molecule has 0 aromatic heterocycles. The number of likely N-dealkylation sites (N-methyl/N-ethyl adjacent to an activating group) is 1. The fourth-order valence-electron chi connectivity index (χ4n) is 3.61. The van der Waals surface area contributed by atoms with Crippen LogP contribution in [-0.2, 0) is 22.6 Å². The summed E-state index contributed by atoms with van der Waals surface area (Å²) in [6, 6.07) is 22.4. The number of carbonyl (C=O) groups excluding carboxylic acids is 2. The third-order valence-corrected chi connectivity index (χ3v) is 6.74. The van der Waals surface area contributed by atoms with E-state index in [1.165, 1.54) is 0 Å². The molecule has 34 heavy (non-hydrogen) atoms. The number of aryl methyl sites for hydroxylation is 1. The van der Waals surface area contributed by atoms with Gasteiger partial charge in [0, 0.05) is 28.5 Å². The Labute approximate surface area is 217 Å². The van der Waals surface area contributed by atoms with Crippen molar-refractivity contribution >= 4 is 43.7 Å². The summed E-state index contributed by atoms with van der Waals surface area (Å²) in [6.45, 7) is 4.44. The molecule has 0 fully saturated rings. The van der Waals surface area contributed by atoms with Crippen molar-refractivity contribution in [2.24, 2.45) is 0 Å². The number of rotatable bonds is 10. The van der Waals surface area contributed by atoms with Gasteiger partial charge in [-0.1, -0.05) is 74.3 Å². The van der Waals surface area contributed by atoms with E-state index < -0.39 is 6.04 Å². The first-order valence-corrected chi connectivity index (χ1v) is 12.7. The van der Waals surface area contributed by atoms with Gasteiger partial charge >= 0.3 is 0 Å². The molecule has 0 saturated heterocycles. The summed E-state index contributed by atoms with van der Waals surface area (Å²) >= 11 is 6.97. The summed E-state index contributed by atoms with van der Waals surface area (Å²) in [5, 5.41) is 2.90. The molecule has 0 radical (unpaired) electrons. The number of hydrogen-bond acceptors (Lipinski definition) is 3. The van der Waals surface area contributed by atoms with Crippen LogP contribution in [-0.4, -0.2) is 35.9 Å². The third-order valence-electron chi connectivity index (χ3n) is 5.36. The van der Waals surface area contributed by atoms with Crippen molar-refractivity contribution in [2.45, 2.75) is 32.9 Å². The van der Waals surface area contributed by atoms with E-state index in [0.717, 1.165) is 25.6 Å². The highest BCUT2D eigenvalue weighted by molar-refractivity contribution is 9.10. The van der Waals surface area contributed by atoms with Crippen LogP contribution < -0.4 is 10.1 Å². The van der Waals surface area contributed by atoms with Gasteiger partial charge in [-0.25, -0.2) is 0 Å². The Morgan fingerprint density at radius 2 is 1.71 bits per heavy atom. The quantitative estimate of drug-likeness (QED) is 0.332. The van der Waals surface area contributed by atoms with Crippen LogP contribution in [0.5, 0.6) is 5.75 Å². The first-order valence-electron chi connectivity index (χ1n) is 11.1. The topological polar surface area (TPSA) is 58.6 Å². The second kappa shape index (κ2) is 12.7. The van der Waals surface area contributed by atoms with E-state index in [0.29, 0.717) is 18.7 Å². The Bertz CT molecular complexity index is 1120. The van der Waals surface area contributed by atoms with Crippen LogP contribution in [0.15, 0.2) is 81.7 Å². The zero-order valence-electron chi connectivity index (χ0n) is 19.3. The van der Waals surface area contributed by atoms with Crippen molar-refractivity contribution in [3.8, 4) is 5.75 Å². The Kier molecular flexibility index (Phi) is 9.72. The van der Waals surface area contributed by atoms with Gasteiger partial charge in [-0.15, -0.1) is 0 Å². The zero-order valence-corrected chi connectivity index (χ0v) is 22.4. The first-order chi connectivity index (χ1) is 16.4. The molecular formula is C27H28Br2N2O3. The normalized spacial score (nSPS) is 11.5. The molecule has 3 rings (SSSR count). The highest BCUT2D eigenvalue weighted by Gasteiger charge is 2.30. The van der Waals surface area contributed by atoms with Crippen LogP contribution in [0.25, 0.3) is 0 Å². The molecular weight excluding hydrogens is 560 g/mol. The number of halogens is 2. The molecule has 0 aliphatic carbocycles. The molecule has 0 bridgehead atoms. The first kappa shape index (κ1) is 26.0. The second-order valence-electron chi connectivity index (χ2n) is 7.95. The zero-order chi connectivity index (χ0) is 24.5. The maximum absolute atomic E-state index is 13.5. The maximum Gasteiger partial charge on any atom is 0.261 e. The van der Waals surface area contributed by atoms with Crippen molar-refractivity contribution in [3.05, 3.63) is 98.4 Å². The van der Waals surface area contributed by atoms with E-state index in [1.807, 2.05) is 86.6 Å². The smallest absolute Gasteiger partial charge is 0.261 e. The lowest BCUT2D eigenvalue weighted by molar-refractivity contribution is -0.142. The molecule has 3 aromatic rings. The number of benzene rings is 3. The molecule has 0 spiro atoms. The van der Waals surface area contributed by atoms with Crippen molar-refractivity contribution in [2.75, 3.05) is 13.2 Å². The van der Waals surface area contributed by atoms with Gasteiger partial charge in [0.25, 0.3) is 5.91 Å². The largest absolute Gasteiger partial charge is 0.484 e. The van der Waals surface area contributed by atoms with Crippen LogP contribution in [0.2, 0.25) is 0 Å². The Hall–Kier alpha value is -2.64. The predicted molar refractivity (Wildman–Crippen MR) is 142 cm³/mol. The summed E-state index contributed by atoms with van der Waals surface area (Å²) in [4.78, 5) is 28.3. The molecule has 1 N–H and O–H groups in total. The van der Waals surface area contributed by atoms with Crippen molar-refractivity contribution in [1.29, 1.82) is 0 Å². The van der Waals surface area contributed by atoms with E-state index in [9.17, 15) is 9.59 Å². The van der Waals surface area contributed by atoms with E-state index in [1.54, 1.807) is 4.90 Å². The molecule has 0 aliphatic heterocycles. The van der Waals surface area contributed by atoms with Crippen molar-refractivity contribution in [3.63, 3.8) is 0 Å². The maximum atomic E-state index is 13.5. The van der Waals surface area contributed by atoms with E-state index in [4.69, 9.17) is 4.74 Å². The molecule has 178 valence electrons. The van der Waals surface area contributed by atoms with E-state index in [-0.39, 0.29) is 25.0 Å². The average molecular weight is 588 g/mol. The van der Waals surface area contributed by atoms with Gasteiger partial charge in [0.1, 0.15) is 11.8 Å². The summed E-state index contributed by atoms with van der Waals surface area (Å²) < 4.78 is 7.72. The van der Waals surface area contributed by atoms with Gasteiger partial charge in [0.15, 0.2) is 6.61 Å². The fourth-order valence-corrected chi connectivity index (χ4v) is 4.31. The molecule has 0 saturated carbocycles. The standard InChI is InChI=1S/C27H28Br2N2O3/c1-3-30-27(33)25(16-20-8-5-4-6-9-20)31(17-21-10-7-11-22(28)15-21)26(32)18-34-23-12-13-24(29)19(2)14-23/h4-15,25H,3,16-18H2,1-2H3,(H,30,33). The van der Waals surface area contributed by atoms with E-state index in [2.05, 4.69) is 37.2 Å². The minimum absolute atomic E-state index is 0.167. The molecule has 1 unspecified atom stereocenters. The van der Waals surface area contributed by atoms with Gasteiger partial charge in [0.05, 0.1) is 0 Å². The van der Waals surface area contributed by atoms with Crippen molar-refractivity contribution in [1.82, 2.24) is 10.2 Å². The number of amides is 2. The number of ether oxygens (including phenoxy) is 1. The van der Waals surface area contributed by atoms with Gasteiger partial charge in [-0.05, 0) is 60.9 Å². The van der Waals surface area contributed by atoms with Gasteiger partial charge in [-0.2, -0.15) is 0 Å². The lowest BCUT2D eigenvalue weighted by atomic mass is 10.0. The number of nitrogens with one attached hydrogen (secondary N) is 1. The summed E-state index contributed by atoms with van der Waals surface area (Å²) in [5.74, 6) is 0.163. The van der Waals surface area contributed by atoms with Gasteiger partial charge in [0.2, 0.25) is 5.91 Å². The highest BCUT2D eigenvalue weighted by atomic mass is 79.9. The molecule has 0 aliphatic rings. The number of hydrogen-bond donors (Lipinski definition) is 1. The lowest BCUT2D eigenvalue weighted by Gasteiger charge is -2.31. The van der Waals surface area contributed by atoms with Gasteiger partial charge < -0.3 is 15.0 Å². The average Bonchev–Trinajstić information content (AvgIpc) is 2.82. The van der Waals surface area contributed by atoms with Crippen LogP contribution in [0.4, 0.5) is 0 Å². The number of carbonyl (C=O) groups is 2. The SMILES string of the molecule is CCNC(=O)C(Cc1ccccc1)N(Cc1cccc(Br)c1)C(=O)COc1ccc(Br)c(C)c1. The minimum atomic E-state index is -0.677.